The minimum absolute atomic E-state index is 0.263. The molecule has 0 saturated carbocycles. The zero-order chi connectivity index (χ0) is 18.3. The molecule has 0 atom stereocenters. The molecule has 3 nitrogen and oxygen atoms in total. The lowest BCUT2D eigenvalue weighted by atomic mass is 9.84. The molecule has 0 spiro atoms. The standard InChI is InChI=1S/C22H16ClNO2/c1-14-11-12-19(18(23)13-14)24-22(15-7-3-2-4-8-15)20(25)16-9-5-6-10-17(16)21(22)26/h2-13,24H,1H3. The number of aryl methyl sites for hydroxylation is 1. The maximum absolute atomic E-state index is 13.4. The van der Waals surface area contributed by atoms with Gasteiger partial charge in [0, 0.05) is 11.1 Å². The van der Waals surface area contributed by atoms with Crippen LogP contribution in [0, 0.1) is 6.92 Å². The van der Waals surface area contributed by atoms with Crippen LogP contribution in [0.1, 0.15) is 31.8 Å². The Kier molecular flexibility index (Phi) is 3.89. The lowest BCUT2D eigenvalue weighted by Gasteiger charge is -2.29. The van der Waals surface area contributed by atoms with Gasteiger partial charge in [0.25, 0.3) is 0 Å². The minimum atomic E-state index is -1.51. The molecule has 4 heteroatoms. The van der Waals surface area contributed by atoms with Crippen LogP contribution in [0.4, 0.5) is 5.69 Å². The highest BCUT2D eigenvalue weighted by molar-refractivity contribution is 6.36. The number of rotatable bonds is 3. The largest absolute Gasteiger partial charge is 0.361 e. The minimum Gasteiger partial charge on any atom is -0.361 e. The molecule has 0 fully saturated rings. The first-order valence-electron chi connectivity index (χ1n) is 8.32. The Morgan fingerprint density at radius 3 is 1.96 bits per heavy atom. The normalized spacial score (nSPS) is 15.0. The Labute approximate surface area is 156 Å². The van der Waals surface area contributed by atoms with Crippen molar-refractivity contribution in [3.63, 3.8) is 0 Å². The summed E-state index contributed by atoms with van der Waals surface area (Å²) in [6.45, 7) is 1.93. The number of carbonyl (C=O) groups excluding carboxylic acids is 2. The number of fused-ring (bicyclic) bond motifs is 1. The summed E-state index contributed by atoms with van der Waals surface area (Å²) in [5.74, 6) is -0.526. The highest BCUT2D eigenvalue weighted by atomic mass is 35.5. The molecule has 1 N–H and O–H groups in total. The first kappa shape index (κ1) is 16.6. The highest BCUT2D eigenvalue weighted by Crippen LogP contribution is 2.41. The molecule has 3 aromatic carbocycles. The number of benzene rings is 3. The van der Waals surface area contributed by atoms with Gasteiger partial charge in [-0.05, 0) is 30.2 Å². The molecule has 128 valence electrons. The first-order chi connectivity index (χ1) is 12.5. The van der Waals surface area contributed by atoms with Gasteiger partial charge in [0.1, 0.15) is 0 Å². The van der Waals surface area contributed by atoms with Crippen molar-refractivity contribution in [1.82, 2.24) is 0 Å². The predicted octanol–water partition coefficient (Wildman–Crippen LogP) is 5.04. The van der Waals surface area contributed by atoms with E-state index >= 15 is 0 Å². The highest BCUT2D eigenvalue weighted by Gasteiger charge is 2.54. The van der Waals surface area contributed by atoms with Gasteiger partial charge in [0.2, 0.25) is 11.6 Å². The number of ketones is 2. The van der Waals surface area contributed by atoms with E-state index in [1.807, 2.05) is 31.2 Å². The maximum atomic E-state index is 13.4. The molecule has 0 radical (unpaired) electrons. The van der Waals surface area contributed by atoms with Gasteiger partial charge in [-0.15, -0.1) is 0 Å². The average molecular weight is 362 g/mol. The summed E-state index contributed by atoms with van der Waals surface area (Å²) < 4.78 is 0. The Balaban J connectivity index is 1.93. The summed E-state index contributed by atoms with van der Waals surface area (Å²) in [6, 6.07) is 21.5. The Morgan fingerprint density at radius 1 is 0.808 bits per heavy atom. The van der Waals surface area contributed by atoms with E-state index in [9.17, 15) is 9.59 Å². The molecule has 0 unspecified atom stereocenters. The van der Waals surface area contributed by atoms with Crippen LogP contribution in [-0.2, 0) is 5.54 Å². The molecule has 0 aliphatic heterocycles. The molecule has 26 heavy (non-hydrogen) atoms. The van der Waals surface area contributed by atoms with E-state index in [1.54, 1.807) is 48.5 Å². The van der Waals surface area contributed by atoms with Gasteiger partial charge in [0.05, 0.1) is 10.7 Å². The van der Waals surface area contributed by atoms with E-state index in [2.05, 4.69) is 5.32 Å². The number of anilines is 1. The molecule has 0 aromatic heterocycles. The third-order valence-electron chi connectivity index (χ3n) is 4.75. The average Bonchev–Trinajstić information content (AvgIpc) is 2.88. The number of halogens is 1. The lowest BCUT2D eigenvalue weighted by molar-refractivity contribution is 0.0819. The third kappa shape index (κ3) is 2.36. The number of hydrogen-bond donors (Lipinski definition) is 1. The van der Waals surface area contributed by atoms with Crippen molar-refractivity contribution in [3.05, 3.63) is 100 Å². The lowest BCUT2D eigenvalue weighted by Crippen LogP contribution is -2.46. The molecule has 0 bridgehead atoms. The Bertz CT molecular complexity index is 992. The molecule has 0 amide bonds. The van der Waals surface area contributed by atoms with Gasteiger partial charge < -0.3 is 5.32 Å². The van der Waals surface area contributed by atoms with Gasteiger partial charge in [-0.2, -0.15) is 0 Å². The fourth-order valence-corrected chi connectivity index (χ4v) is 3.73. The monoisotopic (exact) mass is 361 g/mol. The van der Waals surface area contributed by atoms with Crippen LogP contribution in [0.3, 0.4) is 0 Å². The summed E-state index contributed by atoms with van der Waals surface area (Å²) >= 11 is 6.38. The van der Waals surface area contributed by atoms with E-state index in [0.717, 1.165) is 5.56 Å². The SMILES string of the molecule is Cc1ccc(NC2(c3ccccc3)C(=O)c3ccccc3C2=O)c(Cl)c1. The summed E-state index contributed by atoms with van der Waals surface area (Å²) in [4.78, 5) is 26.8. The smallest absolute Gasteiger partial charge is 0.201 e. The van der Waals surface area contributed by atoms with Crippen molar-refractivity contribution in [3.8, 4) is 0 Å². The van der Waals surface area contributed by atoms with E-state index in [1.165, 1.54) is 0 Å². The predicted molar refractivity (Wildman–Crippen MR) is 103 cm³/mol. The Hall–Kier alpha value is -2.91. The third-order valence-corrected chi connectivity index (χ3v) is 5.06. The van der Waals surface area contributed by atoms with Crippen LogP contribution < -0.4 is 5.32 Å². The van der Waals surface area contributed by atoms with Crippen molar-refractivity contribution < 1.29 is 9.59 Å². The summed E-state index contributed by atoms with van der Waals surface area (Å²) in [7, 11) is 0. The van der Waals surface area contributed by atoms with Crippen LogP contribution in [0.5, 0.6) is 0 Å². The summed E-state index contributed by atoms with van der Waals surface area (Å²) in [6.07, 6.45) is 0. The van der Waals surface area contributed by atoms with Crippen molar-refractivity contribution >= 4 is 28.9 Å². The van der Waals surface area contributed by atoms with Gasteiger partial charge in [-0.1, -0.05) is 72.3 Å². The topological polar surface area (TPSA) is 46.2 Å². The van der Waals surface area contributed by atoms with Crippen molar-refractivity contribution in [2.75, 3.05) is 5.32 Å². The first-order valence-corrected chi connectivity index (χ1v) is 8.70. The number of carbonyl (C=O) groups is 2. The van der Waals surface area contributed by atoms with E-state index < -0.39 is 5.54 Å². The maximum Gasteiger partial charge on any atom is 0.201 e. The van der Waals surface area contributed by atoms with Crippen LogP contribution >= 0.6 is 11.6 Å². The van der Waals surface area contributed by atoms with Crippen LogP contribution in [0.2, 0.25) is 5.02 Å². The van der Waals surface area contributed by atoms with E-state index in [-0.39, 0.29) is 11.6 Å². The Morgan fingerprint density at radius 2 is 1.38 bits per heavy atom. The van der Waals surface area contributed by atoms with Gasteiger partial charge >= 0.3 is 0 Å². The number of Topliss-reactive ketones (excluding diaryl/α,β-unsaturated/α-hetero) is 2. The molecular weight excluding hydrogens is 346 g/mol. The molecule has 3 aromatic rings. The zero-order valence-electron chi connectivity index (χ0n) is 14.1. The summed E-state index contributed by atoms with van der Waals surface area (Å²) in [5.41, 5.74) is 1.50. The fraction of sp³-hybridized carbons (Fsp3) is 0.0909. The van der Waals surface area contributed by atoms with Crippen molar-refractivity contribution in [2.45, 2.75) is 12.5 Å². The molecule has 1 aliphatic carbocycles. The second-order valence-electron chi connectivity index (χ2n) is 6.43. The van der Waals surface area contributed by atoms with Gasteiger partial charge in [-0.3, -0.25) is 9.59 Å². The number of hydrogen-bond acceptors (Lipinski definition) is 3. The van der Waals surface area contributed by atoms with Crippen LogP contribution in [0.25, 0.3) is 0 Å². The molecule has 0 heterocycles. The molecule has 1 aliphatic rings. The van der Waals surface area contributed by atoms with E-state index in [4.69, 9.17) is 11.6 Å². The zero-order valence-corrected chi connectivity index (χ0v) is 14.9. The quantitative estimate of drug-likeness (QED) is 0.665. The fourth-order valence-electron chi connectivity index (χ4n) is 3.45. The summed E-state index contributed by atoms with van der Waals surface area (Å²) in [5, 5.41) is 3.65. The van der Waals surface area contributed by atoms with Crippen LogP contribution in [0.15, 0.2) is 72.8 Å². The number of nitrogens with one attached hydrogen (secondary N) is 1. The van der Waals surface area contributed by atoms with Crippen LogP contribution in [-0.4, -0.2) is 11.6 Å². The second-order valence-corrected chi connectivity index (χ2v) is 6.84. The van der Waals surface area contributed by atoms with Gasteiger partial charge in [-0.25, -0.2) is 0 Å². The molecule has 0 saturated heterocycles. The van der Waals surface area contributed by atoms with E-state index in [0.29, 0.717) is 27.4 Å². The van der Waals surface area contributed by atoms with Crippen molar-refractivity contribution in [2.24, 2.45) is 0 Å². The second kappa shape index (κ2) is 6.11. The van der Waals surface area contributed by atoms with Gasteiger partial charge in [0.15, 0.2) is 5.54 Å². The molecule has 4 rings (SSSR count). The van der Waals surface area contributed by atoms with Crippen molar-refractivity contribution in [1.29, 1.82) is 0 Å². The molecular formula is C22H16ClNO2.